The lowest BCUT2D eigenvalue weighted by Gasteiger charge is -2.14. The standard InChI is InChI=1S/C26H29N3O3S/c1-17(2)23(30)14-19-10-11-24(18(3)25(19)31)32-13-7-6-12-29-22-9-5-4-8-20(22)28-26(29)21-15-33-16-27-21/h4-5,8-11,15-17,31H,6-7,12-14H2,1-3H3. The van der Waals surface area contributed by atoms with Crippen LogP contribution in [-0.4, -0.2) is 32.0 Å². The maximum Gasteiger partial charge on any atom is 0.160 e. The molecular weight excluding hydrogens is 434 g/mol. The highest BCUT2D eigenvalue weighted by atomic mass is 32.1. The third-order valence-electron chi connectivity index (χ3n) is 5.82. The van der Waals surface area contributed by atoms with Crippen molar-refractivity contribution in [3.8, 4) is 23.0 Å². The van der Waals surface area contributed by atoms with E-state index >= 15 is 0 Å². The fourth-order valence-electron chi connectivity index (χ4n) is 3.80. The summed E-state index contributed by atoms with van der Waals surface area (Å²) in [7, 11) is 0. The van der Waals surface area contributed by atoms with Gasteiger partial charge in [-0.2, -0.15) is 0 Å². The number of hydrogen-bond acceptors (Lipinski definition) is 6. The number of aromatic hydroxyl groups is 1. The molecule has 4 aromatic rings. The number of phenols is 1. The number of imidazole rings is 1. The van der Waals surface area contributed by atoms with Crippen LogP contribution in [0.15, 0.2) is 47.3 Å². The Morgan fingerprint density at radius 2 is 2.00 bits per heavy atom. The number of para-hydroxylation sites is 2. The average molecular weight is 464 g/mol. The van der Waals surface area contributed by atoms with Crippen LogP contribution < -0.4 is 4.74 Å². The highest BCUT2D eigenvalue weighted by Gasteiger charge is 2.16. The van der Waals surface area contributed by atoms with E-state index in [4.69, 9.17) is 9.72 Å². The molecule has 0 unspecified atom stereocenters. The number of phenolic OH excluding ortho intramolecular Hbond substituents is 1. The smallest absolute Gasteiger partial charge is 0.160 e. The van der Waals surface area contributed by atoms with Gasteiger partial charge in [-0.05, 0) is 38.0 Å². The lowest BCUT2D eigenvalue weighted by atomic mass is 9.98. The number of Topliss-reactive ketones (excluding diaryl/α,β-unsaturated/α-hetero) is 1. The number of carbonyl (C=O) groups excluding carboxylic acids is 1. The van der Waals surface area contributed by atoms with Crippen molar-refractivity contribution in [1.29, 1.82) is 0 Å². The summed E-state index contributed by atoms with van der Waals surface area (Å²) in [4.78, 5) is 21.3. The van der Waals surface area contributed by atoms with Crippen LogP contribution in [0, 0.1) is 12.8 Å². The Balaban J connectivity index is 1.37. The van der Waals surface area contributed by atoms with Crippen LogP contribution in [-0.2, 0) is 17.8 Å². The van der Waals surface area contributed by atoms with Gasteiger partial charge in [-0.25, -0.2) is 9.97 Å². The van der Waals surface area contributed by atoms with Crippen LogP contribution in [0.2, 0.25) is 0 Å². The molecule has 7 heteroatoms. The van der Waals surface area contributed by atoms with Crippen LogP contribution in [0.4, 0.5) is 0 Å². The van der Waals surface area contributed by atoms with Crippen LogP contribution in [0.25, 0.3) is 22.6 Å². The van der Waals surface area contributed by atoms with Crippen molar-refractivity contribution >= 4 is 28.2 Å². The maximum atomic E-state index is 12.0. The summed E-state index contributed by atoms with van der Waals surface area (Å²) in [6.45, 7) is 6.93. The number of aromatic nitrogens is 3. The van der Waals surface area contributed by atoms with E-state index in [0.29, 0.717) is 23.5 Å². The van der Waals surface area contributed by atoms with Gasteiger partial charge in [-0.3, -0.25) is 4.79 Å². The van der Waals surface area contributed by atoms with Gasteiger partial charge >= 0.3 is 0 Å². The van der Waals surface area contributed by atoms with Crippen molar-refractivity contribution in [2.45, 2.75) is 46.6 Å². The minimum absolute atomic E-state index is 0.0516. The number of ether oxygens (including phenoxy) is 1. The molecule has 2 aromatic carbocycles. The Morgan fingerprint density at radius 3 is 2.76 bits per heavy atom. The Labute approximate surface area is 197 Å². The SMILES string of the molecule is Cc1c(OCCCCn2c(-c3cscn3)nc3ccccc32)ccc(CC(=O)C(C)C)c1O. The molecule has 2 aromatic heterocycles. The van der Waals surface area contributed by atoms with Gasteiger partial charge in [0.25, 0.3) is 0 Å². The molecule has 4 rings (SSSR count). The number of aryl methyl sites for hydroxylation is 1. The third-order valence-corrected chi connectivity index (χ3v) is 6.41. The zero-order valence-corrected chi connectivity index (χ0v) is 20.1. The fraction of sp³-hybridized carbons (Fsp3) is 0.346. The number of ketones is 1. The molecule has 0 aliphatic carbocycles. The first-order valence-corrected chi connectivity index (χ1v) is 12.2. The molecule has 0 radical (unpaired) electrons. The molecule has 0 amide bonds. The average Bonchev–Trinajstić information content (AvgIpc) is 3.46. The first-order chi connectivity index (χ1) is 16.0. The quantitative estimate of drug-likeness (QED) is 0.301. The second kappa shape index (κ2) is 10.2. The topological polar surface area (TPSA) is 77.2 Å². The van der Waals surface area contributed by atoms with Gasteiger partial charge in [0.15, 0.2) is 5.82 Å². The molecule has 0 bridgehead atoms. The highest BCUT2D eigenvalue weighted by molar-refractivity contribution is 7.07. The molecular formula is C26H29N3O3S. The predicted octanol–water partition coefficient (Wildman–Crippen LogP) is 5.80. The molecule has 33 heavy (non-hydrogen) atoms. The van der Waals surface area contributed by atoms with E-state index in [9.17, 15) is 9.90 Å². The second-order valence-corrected chi connectivity index (χ2v) is 9.22. The summed E-state index contributed by atoms with van der Waals surface area (Å²) in [6.07, 6.45) is 2.02. The zero-order chi connectivity index (χ0) is 23.4. The monoisotopic (exact) mass is 463 g/mol. The van der Waals surface area contributed by atoms with Crippen LogP contribution in [0.3, 0.4) is 0 Å². The van der Waals surface area contributed by atoms with E-state index in [-0.39, 0.29) is 23.9 Å². The van der Waals surface area contributed by atoms with Crippen LogP contribution in [0.1, 0.15) is 37.8 Å². The number of hydrogen-bond donors (Lipinski definition) is 1. The van der Waals surface area contributed by atoms with Crippen molar-refractivity contribution in [2.75, 3.05) is 6.61 Å². The third kappa shape index (κ3) is 5.09. The van der Waals surface area contributed by atoms with Crippen molar-refractivity contribution in [2.24, 2.45) is 5.92 Å². The molecule has 172 valence electrons. The minimum atomic E-state index is -0.0516. The molecule has 2 heterocycles. The minimum Gasteiger partial charge on any atom is -0.507 e. The lowest BCUT2D eigenvalue weighted by Crippen LogP contribution is -2.10. The van der Waals surface area contributed by atoms with Gasteiger partial charge < -0.3 is 14.4 Å². The number of rotatable bonds is 10. The summed E-state index contributed by atoms with van der Waals surface area (Å²) >= 11 is 1.57. The normalized spacial score (nSPS) is 11.4. The molecule has 0 saturated heterocycles. The summed E-state index contributed by atoms with van der Waals surface area (Å²) in [5.41, 5.74) is 6.13. The predicted molar refractivity (Wildman–Crippen MR) is 132 cm³/mol. The molecule has 0 aliphatic rings. The maximum absolute atomic E-state index is 12.0. The highest BCUT2D eigenvalue weighted by Crippen LogP contribution is 2.31. The molecule has 0 fully saturated rings. The van der Waals surface area contributed by atoms with Crippen LogP contribution >= 0.6 is 11.3 Å². The van der Waals surface area contributed by atoms with Gasteiger partial charge in [0.1, 0.15) is 23.0 Å². The van der Waals surface area contributed by atoms with E-state index in [1.54, 1.807) is 17.4 Å². The van der Waals surface area contributed by atoms with Crippen molar-refractivity contribution < 1.29 is 14.6 Å². The number of nitrogens with zero attached hydrogens (tertiary/aromatic N) is 3. The number of carbonyl (C=O) groups is 1. The van der Waals surface area contributed by atoms with E-state index in [1.807, 2.05) is 55.9 Å². The number of benzene rings is 2. The molecule has 6 nitrogen and oxygen atoms in total. The van der Waals surface area contributed by atoms with E-state index in [2.05, 4.69) is 15.6 Å². The van der Waals surface area contributed by atoms with E-state index < -0.39 is 0 Å². The summed E-state index contributed by atoms with van der Waals surface area (Å²) < 4.78 is 8.18. The van der Waals surface area contributed by atoms with Gasteiger partial charge in [0.05, 0.1) is 23.2 Å². The van der Waals surface area contributed by atoms with Gasteiger partial charge in [0, 0.05) is 35.4 Å². The fourth-order valence-corrected chi connectivity index (χ4v) is 4.33. The van der Waals surface area contributed by atoms with Gasteiger partial charge in [-0.1, -0.05) is 32.0 Å². The second-order valence-electron chi connectivity index (χ2n) is 8.50. The summed E-state index contributed by atoms with van der Waals surface area (Å²) in [5.74, 6) is 1.76. The largest absolute Gasteiger partial charge is 0.507 e. The first kappa shape index (κ1) is 23.0. The molecule has 0 saturated carbocycles. The summed E-state index contributed by atoms with van der Waals surface area (Å²) in [6, 6.07) is 11.8. The Morgan fingerprint density at radius 1 is 1.18 bits per heavy atom. The van der Waals surface area contributed by atoms with E-state index in [1.165, 1.54) is 0 Å². The van der Waals surface area contributed by atoms with Crippen molar-refractivity contribution in [3.63, 3.8) is 0 Å². The van der Waals surface area contributed by atoms with E-state index in [0.717, 1.165) is 41.9 Å². The molecule has 0 atom stereocenters. The lowest BCUT2D eigenvalue weighted by molar-refractivity contribution is -0.121. The molecule has 0 spiro atoms. The van der Waals surface area contributed by atoms with Gasteiger partial charge in [0.2, 0.25) is 0 Å². The Hall–Kier alpha value is -3.19. The van der Waals surface area contributed by atoms with Crippen molar-refractivity contribution in [3.05, 3.63) is 58.4 Å². The first-order valence-electron chi connectivity index (χ1n) is 11.3. The van der Waals surface area contributed by atoms with Crippen LogP contribution in [0.5, 0.6) is 11.5 Å². The molecule has 1 N–H and O–H groups in total. The van der Waals surface area contributed by atoms with Gasteiger partial charge in [-0.15, -0.1) is 11.3 Å². The number of fused-ring (bicyclic) bond motifs is 1. The Kier molecular flexibility index (Phi) is 7.08. The number of thiazole rings is 1. The zero-order valence-electron chi connectivity index (χ0n) is 19.2. The number of unbranched alkanes of at least 4 members (excludes halogenated alkanes) is 1. The molecule has 0 aliphatic heterocycles. The summed E-state index contributed by atoms with van der Waals surface area (Å²) in [5, 5.41) is 12.5. The van der Waals surface area contributed by atoms with Crippen molar-refractivity contribution in [1.82, 2.24) is 14.5 Å². The Bertz CT molecular complexity index is 1250.